The zero-order valence-electron chi connectivity index (χ0n) is 10.3. The van der Waals surface area contributed by atoms with Crippen LogP contribution in [0.5, 0.6) is 0 Å². The van der Waals surface area contributed by atoms with Gasteiger partial charge in [0.05, 0.1) is 17.1 Å². The van der Waals surface area contributed by atoms with Crippen molar-refractivity contribution >= 4 is 33.4 Å². The topological polar surface area (TPSA) is 46.9 Å². The molecule has 2 aromatic rings. The van der Waals surface area contributed by atoms with E-state index < -0.39 is 0 Å². The van der Waals surface area contributed by atoms with Crippen LogP contribution in [0.25, 0.3) is 0 Å². The molecule has 0 saturated carbocycles. The Balaban J connectivity index is 2.02. The van der Waals surface area contributed by atoms with Crippen LogP contribution >= 0.6 is 27.5 Å². The van der Waals surface area contributed by atoms with Gasteiger partial charge in [0.25, 0.3) is 5.91 Å². The molecule has 0 aliphatic carbocycles. The van der Waals surface area contributed by atoms with E-state index in [4.69, 9.17) is 11.6 Å². The second kappa shape index (κ2) is 6.21. The number of nitrogens with one attached hydrogen (secondary N) is 1. The molecule has 0 spiro atoms. The fraction of sp³-hybridized carbons (Fsp3) is 0.231. The Bertz CT molecular complexity index is 571. The van der Waals surface area contributed by atoms with Crippen LogP contribution in [0.2, 0.25) is 5.02 Å². The number of hydrogen-bond acceptors (Lipinski definition) is 2. The number of aromatic nitrogens is 2. The highest BCUT2D eigenvalue weighted by molar-refractivity contribution is 9.10. The first-order valence-electron chi connectivity index (χ1n) is 5.80. The summed E-state index contributed by atoms with van der Waals surface area (Å²) in [6.07, 6.45) is 3.56. The summed E-state index contributed by atoms with van der Waals surface area (Å²) in [6.45, 7) is 2.54. The molecule has 1 N–H and O–H groups in total. The highest BCUT2D eigenvalue weighted by Gasteiger charge is 2.14. The van der Waals surface area contributed by atoms with Crippen molar-refractivity contribution in [3.05, 3.63) is 51.7 Å². The predicted molar refractivity (Wildman–Crippen MR) is 78.3 cm³/mol. The summed E-state index contributed by atoms with van der Waals surface area (Å²) in [5, 5.41) is 7.42. The van der Waals surface area contributed by atoms with Gasteiger partial charge in [0, 0.05) is 22.9 Å². The van der Waals surface area contributed by atoms with Gasteiger partial charge in [-0.15, -0.1) is 0 Å². The van der Waals surface area contributed by atoms with Crippen LogP contribution in [0.1, 0.15) is 17.3 Å². The molecule has 0 aliphatic heterocycles. The molecule has 4 nitrogen and oxygen atoms in total. The van der Waals surface area contributed by atoms with Crippen LogP contribution in [0.4, 0.5) is 0 Å². The molecule has 1 aromatic heterocycles. The molecule has 19 heavy (non-hydrogen) atoms. The van der Waals surface area contributed by atoms with Crippen molar-refractivity contribution in [3.63, 3.8) is 0 Å². The SMILES string of the molecule is CC(Cn1cccn1)NC(=O)c1cccc(Br)c1Cl. The molecular weight excluding hydrogens is 330 g/mol. The van der Waals surface area contributed by atoms with E-state index in [1.54, 1.807) is 29.1 Å². The number of amides is 1. The standard InChI is InChI=1S/C13H13BrClN3O/c1-9(8-18-7-3-6-16-18)17-13(19)10-4-2-5-11(14)12(10)15/h2-7,9H,8H2,1H3,(H,17,19). The van der Waals surface area contributed by atoms with Gasteiger partial charge >= 0.3 is 0 Å². The fourth-order valence-electron chi connectivity index (χ4n) is 1.72. The van der Waals surface area contributed by atoms with E-state index in [2.05, 4.69) is 26.3 Å². The molecule has 1 atom stereocenters. The minimum Gasteiger partial charge on any atom is -0.348 e. The summed E-state index contributed by atoms with van der Waals surface area (Å²) in [4.78, 5) is 12.1. The Kier molecular flexibility index (Phi) is 4.61. The lowest BCUT2D eigenvalue weighted by Crippen LogP contribution is -2.35. The van der Waals surface area contributed by atoms with Crippen LogP contribution < -0.4 is 5.32 Å². The highest BCUT2D eigenvalue weighted by atomic mass is 79.9. The van der Waals surface area contributed by atoms with Gasteiger partial charge < -0.3 is 5.32 Å². The summed E-state index contributed by atoms with van der Waals surface area (Å²) >= 11 is 9.39. The van der Waals surface area contributed by atoms with Gasteiger partial charge in [-0.05, 0) is 41.1 Å². The zero-order valence-corrected chi connectivity index (χ0v) is 12.6. The van der Waals surface area contributed by atoms with Gasteiger partial charge in [0.1, 0.15) is 0 Å². The first-order valence-corrected chi connectivity index (χ1v) is 6.97. The maximum Gasteiger partial charge on any atom is 0.253 e. The lowest BCUT2D eigenvalue weighted by Gasteiger charge is -2.14. The van der Waals surface area contributed by atoms with E-state index in [1.807, 2.05) is 19.2 Å². The zero-order chi connectivity index (χ0) is 13.8. The van der Waals surface area contributed by atoms with Gasteiger partial charge in [-0.1, -0.05) is 17.7 Å². The third-order valence-corrected chi connectivity index (χ3v) is 3.89. The predicted octanol–water partition coefficient (Wildman–Crippen LogP) is 3.12. The Hall–Kier alpha value is -1.33. The lowest BCUT2D eigenvalue weighted by molar-refractivity contribution is 0.0936. The first-order chi connectivity index (χ1) is 9.08. The Labute approximate surface area is 124 Å². The quantitative estimate of drug-likeness (QED) is 0.928. The van der Waals surface area contributed by atoms with Crippen LogP contribution in [-0.4, -0.2) is 21.7 Å². The van der Waals surface area contributed by atoms with Gasteiger partial charge in [0.15, 0.2) is 0 Å². The minimum absolute atomic E-state index is 0.0394. The van der Waals surface area contributed by atoms with Crippen molar-refractivity contribution in [2.24, 2.45) is 0 Å². The molecular formula is C13H13BrClN3O. The van der Waals surface area contributed by atoms with E-state index in [0.717, 1.165) is 0 Å². The third kappa shape index (κ3) is 3.58. The molecule has 0 aliphatic rings. The van der Waals surface area contributed by atoms with E-state index in [9.17, 15) is 4.79 Å². The van der Waals surface area contributed by atoms with Crippen molar-refractivity contribution in [3.8, 4) is 0 Å². The normalized spacial score (nSPS) is 12.2. The van der Waals surface area contributed by atoms with E-state index >= 15 is 0 Å². The van der Waals surface area contributed by atoms with Crippen LogP contribution in [-0.2, 0) is 6.54 Å². The Morgan fingerprint density at radius 1 is 1.53 bits per heavy atom. The van der Waals surface area contributed by atoms with E-state index in [-0.39, 0.29) is 11.9 Å². The molecule has 1 heterocycles. The molecule has 2 rings (SSSR count). The maximum atomic E-state index is 12.1. The summed E-state index contributed by atoms with van der Waals surface area (Å²) in [5.41, 5.74) is 0.461. The molecule has 1 aromatic carbocycles. The largest absolute Gasteiger partial charge is 0.348 e. The van der Waals surface area contributed by atoms with Crippen LogP contribution in [0, 0.1) is 0 Å². The average Bonchev–Trinajstić information content (AvgIpc) is 2.85. The lowest BCUT2D eigenvalue weighted by atomic mass is 10.2. The van der Waals surface area contributed by atoms with Crippen molar-refractivity contribution in [2.45, 2.75) is 19.5 Å². The molecule has 1 unspecified atom stereocenters. The molecule has 100 valence electrons. The van der Waals surface area contributed by atoms with Gasteiger partial charge in [-0.2, -0.15) is 5.10 Å². The number of carbonyl (C=O) groups excluding carboxylic acids is 1. The molecule has 0 bridgehead atoms. The van der Waals surface area contributed by atoms with E-state index in [0.29, 0.717) is 21.6 Å². The monoisotopic (exact) mass is 341 g/mol. The van der Waals surface area contributed by atoms with Gasteiger partial charge in [-0.25, -0.2) is 0 Å². The number of halogens is 2. The van der Waals surface area contributed by atoms with E-state index in [1.165, 1.54) is 0 Å². The van der Waals surface area contributed by atoms with Crippen molar-refractivity contribution < 1.29 is 4.79 Å². The number of benzene rings is 1. The summed E-state index contributed by atoms with van der Waals surface area (Å²) < 4.78 is 2.48. The number of nitrogens with zero attached hydrogens (tertiary/aromatic N) is 2. The summed E-state index contributed by atoms with van der Waals surface area (Å²) in [7, 11) is 0. The molecule has 1 amide bonds. The van der Waals surface area contributed by atoms with Crippen LogP contribution in [0.3, 0.4) is 0 Å². The molecule has 0 saturated heterocycles. The first kappa shape index (κ1) is 14.1. The van der Waals surface area contributed by atoms with Gasteiger partial charge in [-0.3, -0.25) is 9.48 Å². The van der Waals surface area contributed by atoms with Crippen molar-refractivity contribution in [2.75, 3.05) is 0 Å². The van der Waals surface area contributed by atoms with Crippen molar-refractivity contribution in [1.29, 1.82) is 0 Å². The fourth-order valence-corrected chi connectivity index (χ4v) is 2.29. The number of rotatable bonds is 4. The third-order valence-electron chi connectivity index (χ3n) is 2.59. The second-order valence-corrected chi connectivity index (χ2v) is 5.44. The average molecular weight is 343 g/mol. The summed E-state index contributed by atoms with van der Waals surface area (Å²) in [5.74, 6) is -0.189. The number of carbonyl (C=O) groups is 1. The maximum absolute atomic E-state index is 12.1. The smallest absolute Gasteiger partial charge is 0.253 e. The minimum atomic E-state index is -0.189. The second-order valence-electron chi connectivity index (χ2n) is 4.20. The van der Waals surface area contributed by atoms with Gasteiger partial charge in [0.2, 0.25) is 0 Å². The highest BCUT2D eigenvalue weighted by Crippen LogP contribution is 2.25. The Morgan fingerprint density at radius 3 is 3.00 bits per heavy atom. The van der Waals surface area contributed by atoms with Crippen LogP contribution in [0.15, 0.2) is 41.1 Å². The number of hydrogen-bond donors (Lipinski definition) is 1. The molecule has 0 fully saturated rings. The van der Waals surface area contributed by atoms with Crippen molar-refractivity contribution in [1.82, 2.24) is 15.1 Å². The molecule has 0 radical (unpaired) electrons. The Morgan fingerprint density at radius 2 is 2.32 bits per heavy atom. The molecule has 6 heteroatoms. The summed E-state index contributed by atoms with van der Waals surface area (Å²) in [6, 6.07) is 7.08.